The molecule has 2 rings (SSSR count). The van der Waals surface area contributed by atoms with Gasteiger partial charge in [-0.15, -0.1) is 11.3 Å². The summed E-state index contributed by atoms with van der Waals surface area (Å²) in [6.07, 6.45) is 0. The number of nitriles is 1. The van der Waals surface area contributed by atoms with Crippen molar-refractivity contribution in [2.45, 2.75) is 20.4 Å². The van der Waals surface area contributed by atoms with Gasteiger partial charge in [0, 0.05) is 20.8 Å². The molecule has 4 heteroatoms. The van der Waals surface area contributed by atoms with Crippen LogP contribution in [0.25, 0.3) is 0 Å². The molecule has 92 valence electrons. The molecule has 1 aromatic carbocycles. The Morgan fingerprint density at radius 2 is 2.11 bits per heavy atom. The lowest BCUT2D eigenvalue weighted by molar-refractivity contribution is 1.18. The summed E-state index contributed by atoms with van der Waals surface area (Å²) in [7, 11) is 0. The van der Waals surface area contributed by atoms with Crippen molar-refractivity contribution in [3.8, 4) is 6.07 Å². The zero-order chi connectivity index (χ0) is 13.1. The molecule has 0 saturated heterocycles. The fraction of sp³-hybridized carbons (Fsp3) is 0.214. The molecule has 0 atom stereocenters. The summed E-state index contributed by atoms with van der Waals surface area (Å²) >= 11 is 5.16. The lowest BCUT2D eigenvalue weighted by Gasteiger charge is -2.07. The number of aryl methyl sites for hydroxylation is 2. The van der Waals surface area contributed by atoms with Gasteiger partial charge >= 0.3 is 0 Å². The highest BCUT2D eigenvalue weighted by Crippen LogP contribution is 2.24. The van der Waals surface area contributed by atoms with Crippen molar-refractivity contribution in [1.29, 1.82) is 5.26 Å². The lowest BCUT2D eigenvalue weighted by Crippen LogP contribution is -1.99. The van der Waals surface area contributed by atoms with E-state index in [2.05, 4.69) is 47.2 Å². The van der Waals surface area contributed by atoms with Crippen molar-refractivity contribution in [2.24, 2.45) is 0 Å². The van der Waals surface area contributed by atoms with E-state index >= 15 is 0 Å². The smallest absolute Gasteiger partial charge is 0.101 e. The van der Waals surface area contributed by atoms with Crippen LogP contribution in [0.5, 0.6) is 0 Å². The second-order valence-electron chi connectivity index (χ2n) is 4.11. The minimum Gasteiger partial charge on any atom is -0.379 e. The van der Waals surface area contributed by atoms with E-state index in [0.717, 1.165) is 16.7 Å². The van der Waals surface area contributed by atoms with Crippen LogP contribution >= 0.6 is 27.3 Å². The van der Waals surface area contributed by atoms with E-state index in [1.54, 1.807) is 11.3 Å². The van der Waals surface area contributed by atoms with Crippen molar-refractivity contribution < 1.29 is 0 Å². The average molecular weight is 321 g/mol. The summed E-state index contributed by atoms with van der Waals surface area (Å²) in [6, 6.07) is 10.1. The summed E-state index contributed by atoms with van der Waals surface area (Å²) in [5, 5.41) is 12.4. The molecule has 0 fully saturated rings. The van der Waals surface area contributed by atoms with E-state index in [0.29, 0.717) is 5.56 Å². The van der Waals surface area contributed by atoms with Crippen molar-refractivity contribution >= 4 is 33.0 Å². The molecule has 0 aliphatic carbocycles. The molecule has 0 amide bonds. The first kappa shape index (κ1) is 13.1. The van der Waals surface area contributed by atoms with Gasteiger partial charge in [0.15, 0.2) is 0 Å². The molecule has 0 aliphatic rings. The predicted octanol–water partition coefficient (Wildman–Crippen LogP) is 4.61. The van der Waals surface area contributed by atoms with E-state index in [4.69, 9.17) is 5.26 Å². The summed E-state index contributed by atoms with van der Waals surface area (Å²) in [5.41, 5.74) is 2.87. The van der Waals surface area contributed by atoms with Crippen LogP contribution in [0.4, 0.5) is 5.69 Å². The number of halogens is 1. The van der Waals surface area contributed by atoms with Crippen LogP contribution in [0.15, 0.2) is 28.7 Å². The number of nitrogens with one attached hydrogen (secondary N) is 1. The van der Waals surface area contributed by atoms with Crippen LogP contribution in [0.3, 0.4) is 0 Å². The summed E-state index contributed by atoms with van der Waals surface area (Å²) in [6.45, 7) is 5.01. The van der Waals surface area contributed by atoms with Crippen molar-refractivity contribution in [3.63, 3.8) is 0 Å². The van der Waals surface area contributed by atoms with E-state index < -0.39 is 0 Å². The van der Waals surface area contributed by atoms with Crippen LogP contribution < -0.4 is 5.32 Å². The van der Waals surface area contributed by atoms with E-state index in [9.17, 15) is 0 Å². The molecule has 0 spiro atoms. The van der Waals surface area contributed by atoms with E-state index in [1.807, 2.05) is 18.2 Å². The first-order valence-electron chi connectivity index (χ1n) is 5.59. The molecule has 0 bridgehead atoms. The molecule has 1 aromatic heterocycles. The van der Waals surface area contributed by atoms with Gasteiger partial charge in [0.2, 0.25) is 0 Å². The molecule has 0 radical (unpaired) electrons. The van der Waals surface area contributed by atoms with Gasteiger partial charge in [-0.1, -0.05) is 15.9 Å². The minimum absolute atomic E-state index is 0.661. The average Bonchev–Trinajstić information content (AvgIpc) is 2.67. The van der Waals surface area contributed by atoms with Crippen molar-refractivity contribution in [2.75, 3.05) is 5.32 Å². The quantitative estimate of drug-likeness (QED) is 0.896. The van der Waals surface area contributed by atoms with Gasteiger partial charge < -0.3 is 5.32 Å². The highest BCUT2D eigenvalue weighted by molar-refractivity contribution is 9.10. The Balaban J connectivity index is 2.13. The standard InChI is InChI=1S/C14H13BrN2S/c1-9-5-13(18-10(9)2)8-17-14-4-3-12(15)6-11(14)7-16/h3-6,17H,8H2,1-2H3. The fourth-order valence-electron chi connectivity index (χ4n) is 1.68. The van der Waals surface area contributed by atoms with Gasteiger partial charge in [-0.05, 0) is 43.7 Å². The number of hydrogen-bond acceptors (Lipinski definition) is 3. The maximum absolute atomic E-state index is 9.08. The third kappa shape index (κ3) is 2.92. The molecular formula is C14H13BrN2S. The largest absolute Gasteiger partial charge is 0.379 e. The van der Waals surface area contributed by atoms with Crippen LogP contribution in [-0.4, -0.2) is 0 Å². The second-order valence-corrected chi connectivity index (χ2v) is 6.36. The minimum atomic E-state index is 0.661. The highest BCUT2D eigenvalue weighted by Gasteiger charge is 2.05. The molecule has 2 aromatic rings. The number of anilines is 1. The summed E-state index contributed by atoms with van der Waals surface area (Å²) < 4.78 is 0.924. The van der Waals surface area contributed by atoms with E-state index in [1.165, 1.54) is 15.3 Å². The van der Waals surface area contributed by atoms with Crippen molar-refractivity contribution in [3.05, 3.63) is 49.6 Å². The second kappa shape index (κ2) is 5.55. The van der Waals surface area contributed by atoms with Crippen molar-refractivity contribution in [1.82, 2.24) is 0 Å². The number of benzene rings is 1. The van der Waals surface area contributed by atoms with Gasteiger partial charge in [0.25, 0.3) is 0 Å². The Kier molecular flexibility index (Phi) is 4.05. The predicted molar refractivity (Wildman–Crippen MR) is 80.0 cm³/mol. The van der Waals surface area contributed by atoms with Gasteiger partial charge in [0.1, 0.15) is 6.07 Å². The van der Waals surface area contributed by atoms with Crippen LogP contribution in [0.1, 0.15) is 20.9 Å². The zero-order valence-electron chi connectivity index (χ0n) is 10.2. The fourth-order valence-corrected chi connectivity index (χ4v) is 3.04. The zero-order valence-corrected chi connectivity index (χ0v) is 12.7. The van der Waals surface area contributed by atoms with Gasteiger partial charge in [0.05, 0.1) is 11.3 Å². The summed E-state index contributed by atoms with van der Waals surface area (Å²) in [4.78, 5) is 2.64. The lowest BCUT2D eigenvalue weighted by atomic mass is 10.2. The molecule has 0 saturated carbocycles. The number of rotatable bonds is 3. The highest BCUT2D eigenvalue weighted by atomic mass is 79.9. The number of nitrogens with zero attached hydrogens (tertiary/aromatic N) is 1. The Labute approximate surface area is 119 Å². The molecule has 0 aliphatic heterocycles. The van der Waals surface area contributed by atoms with Gasteiger partial charge in [-0.3, -0.25) is 0 Å². The SMILES string of the molecule is Cc1cc(CNc2ccc(Br)cc2C#N)sc1C. The van der Waals surface area contributed by atoms with Crippen LogP contribution in [0.2, 0.25) is 0 Å². The topological polar surface area (TPSA) is 35.8 Å². The molecule has 1 heterocycles. The maximum Gasteiger partial charge on any atom is 0.101 e. The molecule has 1 N–H and O–H groups in total. The molecule has 0 unspecified atom stereocenters. The third-order valence-electron chi connectivity index (χ3n) is 2.77. The first-order valence-corrected chi connectivity index (χ1v) is 7.20. The molecule has 18 heavy (non-hydrogen) atoms. The van der Waals surface area contributed by atoms with Gasteiger partial charge in [-0.25, -0.2) is 0 Å². The first-order chi connectivity index (χ1) is 8.60. The maximum atomic E-state index is 9.08. The number of thiophene rings is 1. The normalized spacial score (nSPS) is 10.1. The Bertz CT molecular complexity index is 591. The summed E-state index contributed by atoms with van der Waals surface area (Å²) in [5.74, 6) is 0. The van der Waals surface area contributed by atoms with E-state index in [-0.39, 0.29) is 0 Å². The number of hydrogen-bond donors (Lipinski definition) is 1. The Morgan fingerprint density at radius 1 is 1.33 bits per heavy atom. The monoisotopic (exact) mass is 320 g/mol. The molecule has 2 nitrogen and oxygen atoms in total. The Morgan fingerprint density at radius 3 is 2.72 bits per heavy atom. The Hall–Kier alpha value is -1.31. The van der Waals surface area contributed by atoms with Gasteiger partial charge in [-0.2, -0.15) is 5.26 Å². The van der Waals surface area contributed by atoms with Crippen LogP contribution in [0, 0.1) is 25.2 Å². The molecular weight excluding hydrogens is 308 g/mol. The third-order valence-corrected chi connectivity index (χ3v) is 4.42. The van der Waals surface area contributed by atoms with Crippen LogP contribution in [-0.2, 0) is 6.54 Å².